The second-order valence-electron chi connectivity index (χ2n) is 6.34. The van der Waals surface area contributed by atoms with Crippen LogP contribution in [0.15, 0.2) is 78.1 Å². The molecular formula is C21H16FN5O2. The van der Waals surface area contributed by atoms with Crippen molar-refractivity contribution in [3.05, 3.63) is 101 Å². The van der Waals surface area contributed by atoms with E-state index < -0.39 is 17.2 Å². The fourth-order valence-electron chi connectivity index (χ4n) is 2.92. The number of carbonyl (C=O) groups is 1. The zero-order chi connectivity index (χ0) is 20.4. The maximum atomic E-state index is 14.4. The number of aromatic nitrogens is 4. The summed E-state index contributed by atoms with van der Waals surface area (Å²) in [4.78, 5) is 28.8. The molecular weight excluding hydrogens is 373 g/mol. The minimum atomic E-state index is -0.713. The molecule has 0 unspecified atom stereocenters. The molecule has 29 heavy (non-hydrogen) atoms. The zero-order valence-electron chi connectivity index (χ0n) is 15.4. The number of benzene rings is 2. The molecule has 4 rings (SSSR count). The fourth-order valence-corrected chi connectivity index (χ4v) is 2.92. The van der Waals surface area contributed by atoms with E-state index in [0.29, 0.717) is 11.4 Å². The minimum Gasteiger partial charge on any atom is -0.320 e. The molecule has 0 fully saturated rings. The number of aryl methyl sites for hydroxylation is 1. The van der Waals surface area contributed by atoms with Gasteiger partial charge in [-0.1, -0.05) is 18.2 Å². The summed E-state index contributed by atoms with van der Waals surface area (Å²) in [5.74, 6) is -1.26. The number of halogens is 1. The van der Waals surface area contributed by atoms with Gasteiger partial charge in [0.1, 0.15) is 5.82 Å². The van der Waals surface area contributed by atoms with E-state index in [4.69, 9.17) is 0 Å². The lowest BCUT2D eigenvalue weighted by molar-refractivity contribution is 0.101. The van der Waals surface area contributed by atoms with Gasteiger partial charge in [-0.2, -0.15) is 5.10 Å². The Bertz CT molecular complexity index is 1230. The number of anilines is 1. The molecule has 1 N–H and O–H groups in total. The minimum absolute atomic E-state index is 0.212. The highest BCUT2D eigenvalue weighted by Gasteiger charge is 2.16. The lowest BCUT2D eigenvalue weighted by Crippen LogP contribution is -2.27. The molecule has 0 radical (unpaired) electrons. The van der Waals surface area contributed by atoms with E-state index >= 15 is 0 Å². The van der Waals surface area contributed by atoms with Crippen molar-refractivity contribution in [1.82, 2.24) is 19.3 Å². The van der Waals surface area contributed by atoms with Crippen molar-refractivity contribution in [2.45, 2.75) is 6.92 Å². The predicted octanol–water partition coefficient (Wildman–Crippen LogP) is 3.12. The van der Waals surface area contributed by atoms with Gasteiger partial charge >= 0.3 is 0 Å². The first-order chi connectivity index (χ1) is 14.0. The van der Waals surface area contributed by atoms with Gasteiger partial charge in [-0.15, -0.1) is 0 Å². The molecule has 4 aromatic rings. The average molecular weight is 389 g/mol. The molecule has 0 aliphatic carbocycles. The van der Waals surface area contributed by atoms with Crippen LogP contribution in [0, 0.1) is 12.7 Å². The highest BCUT2D eigenvalue weighted by atomic mass is 19.1. The van der Waals surface area contributed by atoms with Crippen molar-refractivity contribution < 1.29 is 9.18 Å². The smallest absolute Gasteiger partial charge is 0.280 e. The number of rotatable bonds is 4. The summed E-state index contributed by atoms with van der Waals surface area (Å²) >= 11 is 0. The molecule has 0 saturated carbocycles. The second-order valence-corrected chi connectivity index (χ2v) is 6.34. The number of nitrogens with one attached hydrogen (secondary N) is 1. The van der Waals surface area contributed by atoms with Crippen molar-refractivity contribution in [3.8, 4) is 11.4 Å². The van der Waals surface area contributed by atoms with Gasteiger partial charge in [-0.05, 0) is 37.3 Å². The molecule has 0 bridgehead atoms. The highest BCUT2D eigenvalue weighted by molar-refractivity contribution is 6.02. The molecule has 1 amide bonds. The Morgan fingerprint density at radius 1 is 1.10 bits per heavy atom. The zero-order valence-corrected chi connectivity index (χ0v) is 15.4. The SMILES string of the molecule is Cc1cc(=O)c(C(=O)Nc2ccc(-n3ccnc3)c(F)c2)nn1-c1ccccc1. The Morgan fingerprint density at radius 2 is 1.90 bits per heavy atom. The van der Waals surface area contributed by atoms with E-state index in [1.807, 2.05) is 30.3 Å². The van der Waals surface area contributed by atoms with Crippen LogP contribution < -0.4 is 10.7 Å². The first kappa shape index (κ1) is 18.3. The van der Waals surface area contributed by atoms with Gasteiger partial charge in [0.25, 0.3) is 5.91 Å². The van der Waals surface area contributed by atoms with Crippen LogP contribution in [0.25, 0.3) is 11.4 Å². The van der Waals surface area contributed by atoms with E-state index in [2.05, 4.69) is 15.4 Å². The highest BCUT2D eigenvalue weighted by Crippen LogP contribution is 2.18. The second kappa shape index (κ2) is 7.51. The Hall–Kier alpha value is -4.07. The third-order valence-corrected chi connectivity index (χ3v) is 4.31. The number of nitrogens with zero attached hydrogens (tertiary/aromatic N) is 4. The van der Waals surface area contributed by atoms with Gasteiger partial charge in [0, 0.05) is 29.8 Å². The van der Waals surface area contributed by atoms with E-state index in [9.17, 15) is 14.0 Å². The first-order valence-corrected chi connectivity index (χ1v) is 8.78. The molecule has 0 aliphatic rings. The van der Waals surface area contributed by atoms with Crippen molar-refractivity contribution in [2.75, 3.05) is 5.32 Å². The van der Waals surface area contributed by atoms with Gasteiger partial charge in [-0.25, -0.2) is 14.1 Å². The summed E-state index contributed by atoms with van der Waals surface area (Å²) < 4.78 is 17.4. The third kappa shape index (κ3) is 3.68. The van der Waals surface area contributed by atoms with Crippen LogP contribution in [0.2, 0.25) is 0 Å². The van der Waals surface area contributed by atoms with Crippen LogP contribution in [0.5, 0.6) is 0 Å². The predicted molar refractivity (Wildman–Crippen MR) is 106 cm³/mol. The van der Waals surface area contributed by atoms with Crippen molar-refractivity contribution >= 4 is 11.6 Å². The molecule has 2 heterocycles. The molecule has 0 spiro atoms. The van der Waals surface area contributed by atoms with Gasteiger partial charge in [0.05, 0.1) is 17.7 Å². The molecule has 0 aliphatic heterocycles. The quantitative estimate of drug-likeness (QED) is 0.581. The summed E-state index contributed by atoms with van der Waals surface area (Å²) in [6, 6.07) is 14.7. The number of hydrogen-bond acceptors (Lipinski definition) is 4. The topological polar surface area (TPSA) is 81.8 Å². The number of carbonyl (C=O) groups excluding carboxylic acids is 1. The standard InChI is InChI=1S/C21H16FN5O2/c1-14-11-19(28)20(25-27(14)16-5-3-2-4-6-16)21(29)24-15-7-8-18(17(22)12-15)26-10-9-23-13-26/h2-13H,1H3,(H,24,29). The van der Waals surface area contributed by atoms with Crippen molar-refractivity contribution in [1.29, 1.82) is 0 Å². The molecule has 0 atom stereocenters. The Morgan fingerprint density at radius 3 is 2.59 bits per heavy atom. The molecule has 144 valence electrons. The van der Waals surface area contributed by atoms with Gasteiger partial charge in [0.2, 0.25) is 5.43 Å². The molecule has 2 aromatic heterocycles. The van der Waals surface area contributed by atoms with Gasteiger partial charge in [0.15, 0.2) is 5.69 Å². The lowest BCUT2D eigenvalue weighted by Gasteiger charge is -2.12. The fraction of sp³-hybridized carbons (Fsp3) is 0.0476. The number of amides is 1. The van der Waals surface area contributed by atoms with Crippen LogP contribution >= 0.6 is 0 Å². The monoisotopic (exact) mass is 389 g/mol. The molecule has 2 aromatic carbocycles. The Kier molecular flexibility index (Phi) is 4.74. The van der Waals surface area contributed by atoms with Crippen LogP contribution in [-0.2, 0) is 0 Å². The number of hydrogen-bond donors (Lipinski definition) is 1. The van der Waals surface area contributed by atoms with Gasteiger partial charge in [-0.3, -0.25) is 9.59 Å². The number of para-hydroxylation sites is 1. The average Bonchev–Trinajstić information content (AvgIpc) is 3.23. The Balaban J connectivity index is 1.64. The maximum absolute atomic E-state index is 14.4. The van der Waals surface area contributed by atoms with E-state index in [-0.39, 0.29) is 11.4 Å². The summed E-state index contributed by atoms with van der Waals surface area (Å²) in [5, 5.41) is 6.74. The molecule has 0 saturated heterocycles. The number of imidazole rings is 1. The maximum Gasteiger partial charge on any atom is 0.280 e. The van der Waals surface area contributed by atoms with Crippen LogP contribution in [0.1, 0.15) is 16.2 Å². The van der Waals surface area contributed by atoms with Crippen LogP contribution in [0.4, 0.5) is 10.1 Å². The summed E-state index contributed by atoms with van der Waals surface area (Å²) in [7, 11) is 0. The lowest BCUT2D eigenvalue weighted by atomic mass is 10.2. The van der Waals surface area contributed by atoms with E-state index in [0.717, 1.165) is 5.69 Å². The summed E-state index contributed by atoms with van der Waals surface area (Å²) in [6.07, 6.45) is 4.62. The summed E-state index contributed by atoms with van der Waals surface area (Å²) in [6.45, 7) is 1.73. The molecule has 8 heteroatoms. The molecule has 7 nitrogen and oxygen atoms in total. The largest absolute Gasteiger partial charge is 0.320 e. The summed E-state index contributed by atoms with van der Waals surface area (Å²) in [5.41, 5.74) is 1.02. The van der Waals surface area contributed by atoms with Crippen molar-refractivity contribution in [3.63, 3.8) is 0 Å². The Labute approximate surface area is 165 Å². The van der Waals surface area contributed by atoms with E-state index in [1.165, 1.54) is 40.0 Å². The normalized spacial score (nSPS) is 10.7. The van der Waals surface area contributed by atoms with Crippen molar-refractivity contribution in [2.24, 2.45) is 0 Å². The van der Waals surface area contributed by atoms with Gasteiger partial charge < -0.3 is 9.88 Å². The third-order valence-electron chi connectivity index (χ3n) is 4.31. The first-order valence-electron chi connectivity index (χ1n) is 8.78. The van der Waals surface area contributed by atoms with E-state index in [1.54, 1.807) is 19.2 Å². The van der Waals surface area contributed by atoms with Crippen LogP contribution in [0.3, 0.4) is 0 Å². The van der Waals surface area contributed by atoms with Crippen LogP contribution in [-0.4, -0.2) is 25.2 Å².